The first kappa shape index (κ1) is 17.6. The van der Waals surface area contributed by atoms with Crippen LogP contribution in [-0.2, 0) is 0 Å². The molecular formula is C28H17Cl. The summed E-state index contributed by atoms with van der Waals surface area (Å²) in [7, 11) is 0. The van der Waals surface area contributed by atoms with Crippen LogP contribution < -0.4 is 0 Å². The predicted molar refractivity (Wildman–Crippen MR) is 125 cm³/mol. The van der Waals surface area contributed by atoms with E-state index in [9.17, 15) is 0 Å². The van der Waals surface area contributed by atoms with Crippen LogP contribution in [0.5, 0.6) is 0 Å². The minimum absolute atomic E-state index is 0.625. The Morgan fingerprint density at radius 2 is 1.07 bits per heavy atom. The van der Waals surface area contributed by atoms with Gasteiger partial charge in [0, 0.05) is 10.9 Å². The van der Waals surface area contributed by atoms with Crippen molar-refractivity contribution in [3.05, 3.63) is 108 Å². The molecule has 0 spiro atoms. The number of benzene rings is 5. The molecule has 1 heteroatoms. The van der Waals surface area contributed by atoms with Gasteiger partial charge in [0.05, 0.1) is 10.6 Å². The van der Waals surface area contributed by atoms with Crippen molar-refractivity contribution < 1.29 is 0 Å². The van der Waals surface area contributed by atoms with Crippen molar-refractivity contribution in [3.8, 4) is 34.6 Å². The van der Waals surface area contributed by atoms with Crippen molar-refractivity contribution in [2.24, 2.45) is 0 Å². The lowest BCUT2D eigenvalue weighted by Crippen LogP contribution is -1.94. The first-order chi connectivity index (χ1) is 14.3. The van der Waals surface area contributed by atoms with E-state index in [-0.39, 0.29) is 0 Å². The Hall–Kier alpha value is -3.53. The average Bonchev–Trinajstić information content (AvgIpc) is 2.78. The van der Waals surface area contributed by atoms with Crippen LogP contribution >= 0.6 is 11.6 Å². The minimum Gasteiger partial charge on any atom is -0.115 e. The molecule has 0 unspecified atom stereocenters. The van der Waals surface area contributed by atoms with E-state index < -0.39 is 0 Å². The highest BCUT2D eigenvalue weighted by Crippen LogP contribution is 2.46. The van der Waals surface area contributed by atoms with Crippen LogP contribution in [0.3, 0.4) is 0 Å². The molecule has 0 heterocycles. The molecular weight excluding hydrogens is 372 g/mol. The Labute approximate surface area is 175 Å². The molecule has 136 valence electrons. The van der Waals surface area contributed by atoms with Crippen molar-refractivity contribution >= 4 is 33.1 Å². The van der Waals surface area contributed by atoms with Crippen molar-refractivity contribution in [3.63, 3.8) is 0 Å². The number of hydrogen-bond acceptors (Lipinski definition) is 0. The van der Waals surface area contributed by atoms with Crippen LogP contribution in [0.2, 0.25) is 5.02 Å². The van der Waals surface area contributed by atoms with Gasteiger partial charge in [0.2, 0.25) is 0 Å². The molecule has 0 atom stereocenters. The highest BCUT2D eigenvalue weighted by atomic mass is 35.5. The van der Waals surface area contributed by atoms with E-state index in [2.05, 4.69) is 72.7 Å². The van der Waals surface area contributed by atoms with Crippen LogP contribution in [0.1, 0.15) is 5.56 Å². The summed E-state index contributed by atoms with van der Waals surface area (Å²) in [5.41, 5.74) is 5.02. The molecule has 0 fully saturated rings. The molecule has 0 saturated carbocycles. The lowest BCUT2D eigenvalue weighted by atomic mass is 9.86. The van der Waals surface area contributed by atoms with Gasteiger partial charge in [-0.25, -0.2) is 0 Å². The minimum atomic E-state index is 0.625. The number of hydrogen-bond donors (Lipinski definition) is 0. The first-order valence-electron chi connectivity index (χ1n) is 9.53. The van der Waals surface area contributed by atoms with Crippen LogP contribution in [-0.4, -0.2) is 0 Å². The molecule has 0 amide bonds. The van der Waals surface area contributed by atoms with Gasteiger partial charge in [-0.3, -0.25) is 0 Å². The van der Waals surface area contributed by atoms with Crippen LogP contribution in [0.25, 0.3) is 43.8 Å². The molecule has 5 rings (SSSR count). The van der Waals surface area contributed by atoms with Gasteiger partial charge >= 0.3 is 0 Å². The number of fused-ring (bicyclic) bond motifs is 2. The fraction of sp³-hybridized carbons (Fsp3) is 0. The Morgan fingerprint density at radius 3 is 1.62 bits per heavy atom. The maximum atomic E-state index is 6.99. The standard InChI is InChI=1S/C28H17Cl/c1-2-23-24-17-21-15-9-10-16-22(21)18-25(24)26(19-11-5-3-6-12-19)27(28(23)29)20-13-7-4-8-14-20/h1,3-18H. The SMILES string of the molecule is C#Cc1c(Cl)c(-c2ccccc2)c(-c2ccccc2)c2cc3ccccc3cc12. The predicted octanol–water partition coefficient (Wildman–Crippen LogP) is 7.96. The summed E-state index contributed by atoms with van der Waals surface area (Å²) in [6.45, 7) is 0. The summed E-state index contributed by atoms with van der Waals surface area (Å²) in [5, 5.41) is 5.08. The van der Waals surface area contributed by atoms with E-state index in [0.29, 0.717) is 5.02 Å². The van der Waals surface area contributed by atoms with E-state index in [4.69, 9.17) is 18.0 Å². The van der Waals surface area contributed by atoms with Crippen molar-refractivity contribution in [1.82, 2.24) is 0 Å². The van der Waals surface area contributed by atoms with Gasteiger partial charge in [0.15, 0.2) is 0 Å². The van der Waals surface area contributed by atoms with E-state index in [1.54, 1.807) is 0 Å². The molecule has 0 nitrogen and oxygen atoms in total. The third kappa shape index (κ3) is 2.88. The maximum Gasteiger partial charge on any atom is 0.0653 e. The van der Waals surface area contributed by atoms with Gasteiger partial charge in [0.25, 0.3) is 0 Å². The van der Waals surface area contributed by atoms with Gasteiger partial charge < -0.3 is 0 Å². The Kier molecular flexibility index (Phi) is 4.32. The van der Waals surface area contributed by atoms with Gasteiger partial charge in [-0.1, -0.05) is 102 Å². The fourth-order valence-electron chi connectivity index (χ4n) is 4.06. The Morgan fingerprint density at radius 1 is 0.586 bits per heavy atom. The highest BCUT2D eigenvalue weighted by Gasteiger charge is 2.20. The van der Waals surface area contributed by atoms with Crippen molar-refractivity contribution in [2.45, 2.75) is 0 Å². The summed E-state index contributed by atoms with van der Waals surface area (Å²) in [5.74, 6) is 2.86. The number of halogens is 1. The normalized spacial score (nSPS) is 10.9. The summed E-state index contributed by atoms with van der Waals surface area (Å²) in [6, 6.07) is 33.4. The van der Waals surface area contributed by atoms with Crippen LogP contribution in [0.15, 0.2) is 97.1 Å². The average molecular weight is 389 g/mol. The molecule has 5 aromatic carbocycles. The zero-order valence-electron chi connectivity index (χ0n) is 15.7. The quantitative estimate of drug-likeness (QED) is 0.212. The second kappa shape index (κ2) is 7.13. The zero-order valence-corrected chi connectivity index (χ0v) is 16.4. The molecule has 0 N–H and O–H groups in total. The van der Waals surface area contributed by atoms with Gasteiger partial charge in [-0.15, -0.1) is 6.42 Å². The van der Waals surface area contributed by atoms with E-state index in [1.165, 1.54) is 5.39 Å². The smallest absolute Gasteiger partial charge is 0.0653 e. The molecule has 0 bridgehead atoms. The summed E-state index contributed by atoms with van der Waals surface area (Å²) in [4.78, 5) is 0. The molecule has 0 aliphatic carbocycles. The topological polar surface area (TPSA) is 0 Å². The zero-order chi connectivity index (χ0) is 19.8. The van der Waals surface area contributed by atoms with Gasteiger partial charge in [-0.2, -0.15) is 0 Å². The van der Waals surface area contributed by atoms with Gasteiger partial charge in [-0.05, 0) is 45.0 Å². The molecule has 5 aromatic rings. The third-order valence-electron chi connectivity index (χ3n) is 5.38. The van der Waals surface area contributed by atoms with Crippen molar-refractivity contribution in [1.29, 1.82) is 0 Å². The fourth-order valence-corrected chi connectivity index (χ4v) is 4.42. The second-order valence-corrected chi connectivity index (χ2v) is 7.44. The summed E-state index contributed by atoms with van der Waals surface area (Å²) in [6.07, 6.45) is 5.96. The Balaban J connectivity index is 2.04. The number of terminal acetylenes is 1. The lowest BCUT2D eigenvalue weighted by Gasteiger charge is -2.19. The molecule has 0 aliphatic rings. The largest absolute Gasteiger partial charge is 0.115 e. The van der Waals surface area contributed by atoms with Crippen LogP contribution in [0.4, 0.5) is 0 Å². The number of rotatable bonds is 2. The first-order valence-corrected chi connectivity index (χ1v) is 9.91. The molecule has 0 radical (unpaired) electrons. The van der Waals surface area contributed by atoms with E-state index in [0.717, 1.165) is 44.0 Å². The van der Waals surface area contributed by atoms with E-state index in [1.807, 2.05) is 30.3 Å². The van der Waals surface area contributed by atoms with Gasteiger partial charge in [0.1, 0.15) is 0 Å². The highest BCUT2D eigenvalue weighted by molar-refractivity contribution is 6.37. The second-order valence-electron chi connectivity index (χ2n) is 7.06. The summed E-state index contributed by atoms with van der Waals surface area (Å²) < 4.78 is 0. The van der Waals surface area contributed by atoms with E-state index >= 15 is 0 Å². The van der Waals surface area contributed by atoms with Crippen LogP contribution in [0, 0.1) is 12.3 Å². The van der Waals surface area contributed by atoms with Crippen molar-refractivity contribution in [2.75, 3.05) is 0 Å². The lowest BCUT2D eigenvalue weighted by molar-refractivity contribution is 1.60. The molecule has 0 aromatic heterocycles. The molecule has 0 aliphatic heterocycles. The molecule has 0 saturated heterocycles. The Bertz CT molecular complexity index is 1390. The third-order valence-corrected chi connectivity index (χ3v) is 5.76. The monoisotopic (exact) mass is 388 g/mol. The summed E-state index contributed by atoms with van der Waals surface area (Å²) >= 11 is 6.99. The maximum absolute atomic E-state index is 6.99. The molecule has 29 heavy (non-hydrogen) atoms.